The molecule has 0 aromatic heterocycles. The Morgan fingerprint density at radius 2 is 1.81 bits per heavy atom. The van der Waals surface area contributed by atoms with Crippen molar-refractivity contribution in [3.8, 4) is 11.5 Å². The molecule has 0 unspecified atom stereocenters. The van der Waals surface area contributed by atoms with Gasteiger partial charge in [0.15, 0.2) is 17.3 Å². The van der Waals surface area contributed by atoms with Gasteiger partial charge in [0.05, 0.1) is 13.2 Å². The summed E-state index contributed by atoms with van der Waals surface area (Å²) in [5, 5.41) is 0. The smallest absolute Gasteiger partial charge is 0.162 e. The van der Waals surface area contributed by atoms with Crippen molar-refractivity contribution in [2.24, 2.45) is 0 Å². The van der Waals surface area contributed by atoms with E-state index in [0.29, 0.717) is 11.7 Å². The lowest BCUT2D eigenvalue weighted by Crippen LogP contribution is -2.12. The molecule has 3 heteroatoms. The van der Waals surface area contributed by atoms with Crippen molar-refractivity contribution >= 4 is 5.78 Å². The van der Waals surface area contributed by atoms with Crippen molar-refractivity contribution in [2.45, 2.75) is 64.9 Å². The second-order valence-electron chi connectivity index (χ2n) is 6.15. The molecule has 1 aliphatic carbocycles. The van der Waals surface area contributed by atoms with E-state index >= 15 is 0 Å². The molecule has 21 heavy (non-hydrogen) atoms. The topological polar surface area (TPSA) is 35.5 Å². The zero-order chi connectivity index (χ0) is 15.4. The van der Waals surface area contributed by atoms with Gasteiger partial charge in [0.25, 0.3) is 0 Å². The number of rotatable bonds is 5. The highest BCUT2D eigenvalue weighted by Gasteiger charge is 2.23. The lowest BCUT2D eigenvalue weighted by atomic mass is 9.81. The summed E-state index contributed by atoms with van der Waals surface area (Å²) >= 11 is 0. The van der Waals surface area contributed by atoms with E-state index in [9.17, 15) is 4.79 Å². The number of hydrogen-bond acceptors (Lipinski definition) is 3. The first-order valence-corrected chi connectivity index (χ1v) is 7.92. The maximum Gasteiger partial charge on any atom is 0.162 e. The largest absolute Gasteiger partial charge is 0.493 e. The number of ketones is 1. The van der Waals surface area contributed by atoms with Crippen LogP contribution in [0.2, 0.25) is 0 Å². The summed E-state index contributed by atoms with van der Waals surface area (Å²) in [7, 11) is 1.65. The van der Waals surface area contributed by atoms with E-state index in [1.165, 1.54) is 19.3 Å². The molecule has 1 aromatic rings. The van der Waals surface area contributed by atoms with E-state index in [1.54, 1.807) is 14.0 Å². The molecule has 0 amide bonds. The fraction of sp³-hybridized carbons (Fsp3) is 0.611. The van der Waals surface area contributed by atoms with Crippen molar-refractivity contribution in [1.29, 1.82) is 0 Å². The van der Waals surface area contributed by atoms with Crippen LogP contribution in [0.25, 0.3) is 0 Å². The van der Waals surface area contributed by atoms with Crippen LogP contribution in [0.1, 0.15) is 74.7 Å². The average molecular weight is 290 g/mol. The summed E-state index contributed by atoms with van der Waals surface area (Å²) in [6, 6.07) is 3.88. The number of ether oxygens (including phenoxy) is 2. The first-order valence-electron chi connectivity index (χ1n) is 7.92. The van der Waals surface area contributed by atoms with Crippen LogP contribution in [0.3, 0.4) is 0 Å². The molecular weight excluding hydrogens is 264 g/mol. The van der Waals surface area contributed by atoms with Crippen LogP contribution in [-0.4, -0.2) is 19.0 Å². The predicted molar refractivity (Wildman–Crippen MR) is 84.6 cm³/mol. The molecule has 0 aliphatic heterocycles. The normalized spacial score (nSPS) is 16.0. The van der Waals surface area contributed by atoms with E-state index in [1.807, 2.05) is 26.0 Å². The third-order valence-electron chi connectivity index (χ3n) is 4.12. The van der Waals surface area contributed by atoms with Gasteiger partial charge in [0, 0.05) is 5.56 Å². The van der Waals surface area contributed by atoms with Gasteiger partial charge in [0.2, 0.25) is 0 Å². The van der Waals surface area contributed by atoms with Crippen molar-refractivity contribution in [1.82, 2.24) is 0 Å². The second-order valence-corrected chi connectivity index (χ2v) is 6.15. The van der Waals surface area contributed by atoms with Gasteiger partial charge in [-0.25, -0.2) is 0 Å². The first kappa shape index (κ1) is 15.9. The molecule has 0 saturated heterocycles. The first-order chi connectivity index (χ1) is 10.0. The van der Waals surface area contributed by atoms with E-state index in [2.05, 4.69) is 0 Å². The highest BCUT2D eigenvalue weighted by atomic mass is 16.5. The zero-order valence-electron chi connectivity index (χ0n) is 13.6. The summed E-state index contributed by atoms with van der Waals surface area (Å²) in [5.41, 5.74) is 1.92. The van der Waals surface area contributed by atoms with Gasteiger partial charge in [-0.15, -0.1) is 0 Å². The van der Waals surface area contributed by atoms with Gasteiger partial charge in [-0.1, -0.05) is 19.3 Å². The van der Waals surface area contributed by atoms with Crippen LogP contribution in [0, 0.1) is 0 Å². The summed E-state index contributed by atoms with van der Waals surface area (Å²) in [4.78, 5) is 12.1. The van der Waals surface area contributed by atoms with Gasteiger partial charge < -0.3 is 9.47 Å². The molecule has 3 nitrogen and oxygen atoms in total. The van der Waals surface area contributed by atoms with Crippen molar-refractivity contribution in [3.05, 3.63) is 23.3 Å². The summed E-state index contributed by atoms with van der Waals surface area (Å²) in [5.74, 6) is 1.97. The highest BCUT2D eigenvalue weighted by Crippen LogP contribution is 2.40. The molecule has 0 bridgehead atoms. The Hall–Kier alpha value is -1.51. The van der Waals surface area contributed by atoms with Crippen molar-refractivity contribution in [2.75, 3.05) is 7.11 Å². The number of carbonyl (C=O) groups is 1. The van der Waals surface area contributed by atoms with Crippen LogP contribution in [0.4, 0.5) is 0 Å². The number of carbonyl (C=O) groups excluding carboxylic acids is 1. The monoisotopic (exact) mass is 290 g/mol. The molecular formula is C18H26O3. The predicted octanol–water partition coefficient (Wildman–Crippen LogP) is 4.73. The van der Waals surface area contributed by atoms with E-state index < -0.39 is 0 Å². The maximum absolute atomic E-state index is 12.1. The van der Waals surface area contributed by atoms with Crippen molar-refractivity contribution in [3.63, 3.8) is 0 Å². The molecule has 1 aromatic carbocycles. The average Bonchev–Trinajstić information content (AvgIpc) is 2.47. The quantitative estimate of drug-likeness (QED) is 0.735. The molecule has 1 saturated carbocycles. The summed E-state index contributed by atoms with van der Waals surface area (Å²) in [6.07, 6.45) is 6.17. The third kappa shape index (κ3) is 3.78. The van der Waals surface area contributed by atoms with Crippen molar-refractivity contribution < 1.29 is 14.3 Å². The molecule has 0 heterocycles. The molecule has 116 valence electrons. The van der Waals surface area contributed by atoms with Gasteiger partial charge in [-0.05, 0) is 57.2 Å². The molecule has 1 fully saturated rings. The second kappa shape index (κ2) is 6.97. The number of hydrogen-bond donors (Lipinski definition) is 0. The SMILES string of the molecule is COc1cc(C2CCCCC2)c(C(C)=O)cc1OC(C)C. The van der Waals surface area contributed by atoms with Crippen LogP contribution in [0.5, 0.6) is 11.5 Å². The Morgan fingerprint density at radius 1 is 1.14 bits per heavy atom. The van der Waals surface area contributed by atoms with E-state index in [-0.39, 0.29) is 11.9 Å². The van der Waals surface area contributed by atoms with Crippen LogP contribution in [0.15, 0.2) is 12.1 Å². The molecule has 0 radical (unpaired) electrons. The third-order valence-corrected chi connectivity index (χ3v) is 4.12. The molecule has 0 spiro atoms. The lowest BCUT2D eigenvalue weighted by molar-refractivity contribution is 0.101. The number of methoxy groups -OCH3 is 1. The Morgan fingerprint density at radius 3 is 2.33 bits per heavy atom. The Bertz CT molecular complexity index is 499. The number of Topliss-reactive ketones (excluding diaryl/α,β-unsaturated/α-hetero) is 1. The van der Waals surface area contributed by atoms with Crippen LogP contribution >= 0.6 is 0 Å². The van der Waals surface area contributed by atoms with E-state index in [4.69, 9.17) is 9.47 Å². The minimum Gasteiger partial charge on any atom is -0.493 e. The Labute approximate surface area is 127 Å². The summed E-state index contributed by atoms with van der Waals surface area (Å²) in [6.45, 7) is 5.58. The van der Waals surface area contributed by atoms with Crippen LogP contribution in [-0.2, 0) is 0 Å². The summed E-state index contributed by atoms with van der Waals surface area (Å²) < 4.78 is 11.3. The molecule has 0 N–H and O–H groups in total. The molecule has 2 rings (SSSR count). The Kier molecular flexibility index (Phi) is 5.27. The fourth-order valence-electron chi connectivity index (χ4n) is 3.14. The molecule has 0 atom stereocenters. The van der Waals surface area contributed by atoms with Crippen LogP contribution < -0.4 is 9.47 Å². The van der Waals surface area contributed by atoms with Gasteiger partial charge >= 0.3 is 0 Å². The van der Waals surface area contributed by atoms with Gasteiger partial charge in [0.1, 0.15) is 0 Å². The minimum absolute atomic E-state index is 0.0549. The molecule has 1 aliphatic rings. The maximum atomic E-state index is 12.1. The lowest BCUT2D eigenvalue weighted by Gasteiger charge is -2.25. The number of benzene rings is 1. The highest BCUT2D eigenvalue weighted by molar-refractivity contribution is 5.96. The standard InChI is InChI=1S/C18H26O3/c1-12(2)21-18-10-15(13(3)19)16(11-17(18)20-4)14-8-6-5-7-9-14/h10-12,14H,5-9H2,1-4H3. The fourth-order valence-corrected chi connectivity index (χ4v) is 3.14. The Balaban J connectivity index is 2.44. The van der Waals surface area contributed by atoms with Gasteiger partial charge in [-0.3, -0.25) is 4.79 Å². The minimum atomic E-state index is 0.0549. The van der Waals surface area contributed by atoms with E-state index in [0.717, 1.165) is 29.7 Å². The van der Waals surface area contributed by atoms with Gasteiger partial charge in [-0.2, -0.15) is 0 Å². The zero-order valence-corrected chi connectivity index (χ0v) is 13.6.